The van der Waals surface area contributed by atoms with Crippen LogP contribution in [0.1, 0.15) is 30.9 Å². The third-order valence-corrected chi connectivity index (χ3v) is 5.47. The maximum absolute atomic E-state index is 11.6. The van der Waals surface area contributed by atoms with E-state index in [1.807, 2.05) is 13.1 Å². The van der Waals surface area contributed by atoms with Crippen LogP contribution in [0.3, 0.4) is 0 Å². The molecule has 2 unspecified atom stereocenters. The number of sulfonamides is 1. The van der Waals surface area contributed by atoms with Crippen LogP contribution in [0.15, 0.2) is 16.7 Å². The number of nitrogens with one attached hydrogen (secondary N) is 1. The van der Waals surface area contributed by atoms with Gasteiger partial charge in [-0.25, -0.2) is 12.7 Å². The van der Waals surface area contributed by atoms with Gasteiger partial charge in [0, 0.05) is 24.7 Å². The second-order valence-electron chi connectivity index (χ2n) is 5.36. The fourth-order valence-electron chi connectivity index (χ4n) is 2.81. The molecule has 0 aromatic carbocycles. The molecular weight excluding hydrogens is 300 g/mol. The molecule has 1 fully saturated rings. The lowest BCUT2D eigenvalue weighted by molar-refractivity contribution is 0.240. The van der Waals surface area contributed by atoms with Crippen molar-refractivity contribution in [2.24, 2.45) is 5.92 Å². The Morgan fingerprint density at radius 2 is 2.35 bits per heavy atom. The summed E-state index contributed by atoms with van der Waals surface area (Å²) in [6.07, 6.45) is 5.65. The van der Waals surface area contributed by atoms with E-state index in [0.717, 1.165) is 24.8 Å². The highest BCUT2D eigenvalue weighted by Gasteiger charge is 2.28. The van der Waals surface area contributed by atoms with Crippen molar-refractivity contribution in [2.45, 2.75) is 25.3 Å². The summed E-state index contributed by atoms with van der Waals surface area (Å²) in [5.74, 6) is 0.335. The van der Waals surface area contributed by atoms with Crippen LogP contribution in [0.2, 0.25) is 5.22 Å². The smallest absolute Gasteiger partial charge is 0.211 e. The van der Waals surface area contributed by atoms with Crippen molar-refractivity contribution in [1.82, 2.24) is 9.62 Å². The molecule has 1 N–H and O–H groups in total. The third kappa shape index (κ3) is 3.75. The van der Waals surface area contributed by atoms with E-state index in [1.165, 1.54) is 6.26 Å². The Kier molecular flexibility index (Phi) is 5.12. The summed E-state index contributed by atoms with van der Waals surface area (Å²) >= 11 is 6.02. The van der Waals surface area contributed by atoms with Gasteiger partial charge in [-0.05, 0) is 49.9 Å². The molecule has 2 heterocycles. The van der Waals surface area contributed by atoms with Crippen molar-refractivity contribution in [1.29, 1.82) is 0 Å². The van der Waals surface area contributed by atoms with Gasteiger partial charge in [-0.1, -0.05) is 0 Å². The van der Waals surface area contributed by atoms with Gasteiger partial charge in [0.2, 0.25) is 10.0 Å². The van der Waals surface area contributed by atoms with Crippen LogP contribution in [0.5, 0.6) is 0 Å². The number of nitrogens with zero attached hydrogens (tertiary/aromatic N) is 1. The normalized spacial score (nSPS) is 22.9. The summed E-state index contributed by atoms with van der Waals surface area (Å²) in [5.41, 5.74) is 0.936. The number of furan rings is 1. The summed E-state index contributed by atoms with van der Waals surface area (Å²) < 4.78 is 30.0. The van der Waals surface area contributed by atoms with Gasteiger partial charge < -0.3 is 9.73 Å². The minimum atomic E-state index is -3.09. The number of halogens is 1. The van der Waals surface area contributed by atoms with E-state index in [0.29, 0.717) is 24.2 Å². The molecule has 1 aliphatic heterocycles. The molecule has 1 aromatic heterocycles. The highest BCUT2D eigenvalue weighted by molar-refractivity contribution is 7.88. The summed E-state index contributed by atoms with van der Waals surface area (Å²) in [7, 11) is -1.21. The third-order valence-electron chi connectivity index (χ3n) is 3.89. The Balaban J connectivity index is 2.03. The predicted octanol–water partition coefficient (Wildman–Crippen LogP) is 2.26. The van der Waals surface area contributed by atoms with Crippen molar-refractivity contribution >= 4 is 21.6 Å². The lowest BCUT2D eigenvalue weighted by atomic mass is 9.90. The molecular formula is C13H21ClN2O3S. The lowest BCUT2D eigenvalue weighted by Crippen LogP contribution is -2.40. The zero-order chi connectivity index (χ0) is 14.8. The first kappa shape index (κ1) is 15.8. The molecule has 2 atom stereocenters. The van der Waals surface area contributed by atoms with Gasteiger partial charge in [0.05, 0.1) is 12.5 Å². The van der Waals surface area contributed by atoms with Crippen molar-refractivity contribution in [3.05, 3.63) is 23.1 Å². The summed E-state index contributed by atoms with van der Waals surface area (Å²) in [6, 6.07) is 1.95. The van der Waals surface area contributed by atoms with Crippen molar-refractivity contribution in [3.8, 4) is 0 Å². The largest absolute Gasteiger partial charge is 0.453 e. The summed E-state index contributed by atoms with van der Waals surface area (Å²) in [6.45, 7) is 1.22. The molecule has 1 aliphatic rings. The van der Waals surface area contributed by atoms with Crippen molar-refractivity contribution < 1.29 is 12.8 Å². The van der Waals surface area contributed by atoms with E-state index >= 15 is 0 Å². The molecule has 1 saturated heterocycles. The fourth-order valence-corrected chi connectivity index (χ4v) is 4.00. The molecule has 20 heavy (non-hydrogen) atoms. The minimum absolute atomic E-state index is 0.0887. The molecule has 114 valence electrons. The average Bonchev–Trinajstić information content (AvgIpc) is 2.81. The number of hydrogen-bond acceptors (Lipinski definition) is 4. The monoisotopic (exact) mass is 320 g/mol. The Morgan fingerprint density at radius 3 is 2.90 bits per heavy atom. The van der Waals surface area contributed by atoms with E-state index in [1.54, 1.807) is 10.6 Å². The zero-order valence-corrected chi connectivity index (χ0v) is 13.4. The van der Waals surface area contributed by atoms with Gasteiger partial charge >= 0.3 is 0 Å². The SMILES string of the molecule is CNC(CC1CCCN(S(C)(=O)=O)C1)c1ccoc1Cl. The molecule has 0 amide bonds. The van der Waals surface area contributed by atoms with Crippen LogP contribution in [-0.4, -0.2) is 39.1 Å². The standard InChI is InChI=1S/C13H21ClN2O3S/c1-15-12(11-5-7-19-13(11)14)8-10-4-3-6-16(9-10)20(2,17)18/h5,7,10,12,15H,3-4,6,8-9H2,1-2H3. The van der Waals surface area contributed by atoms with Crippen LogP contribution in [-0.2, 0) is 10.0 Å². The van der Waals surface area contributed by atoms with Crippen molar-refractivity contribution in [2.75, 3.05) is 26.4 Å². The second kappa shape index (κ2) is 6.47. The van der Waals surface area contributed by atoms with Crippen LogP contribution in [0.4, 0.5) is 0 Å². The second-order valence-corrected chi connectivity index (χ2v) is 7.68. The maximum Gasteiger partial charge on any atom is 0.211 e. The van der Waals surface area contributed by atoms with Crippen LogP contribution in [0, 0.1) is 5.92 Å². The van der Waals surface area contributed by atoms with Crippen molar-refractivity contribution in [3.63, 3.8) is 0 Å². The topological polar surface area (TPSA) is 62.6 Å². The first-order valence-electron chi connectivity index (χ1n) is 6.77. The first-order valence-corrected chi connectivity index (χ1v) is 8.99. The predicted molar refractivity (Wildman–Crippen MR) is 79.3 cm³/mol. The molecule has 5 nitrogen and oxygen atoms in total. The van der Waals surface area contributed by atoms with Gasteiger partial charge in [-0.2, -0.15) is 0 Å². The Morgan fingerprint density at radius 1 is 1.60 bits per heavy atom. The lowest BCUT2D eigenvalue weighted by Gasteiger charge is -2.32. The Bertz CT molecular complexity index is 544. The van der Waals surface area contributed by atoms with Crippen LogP contribution in [0.25, 0.3) is 0 Å². The summed E-state index contributed by atoms with van der Waals surface area (Å²) in [5, 5.41) is 3.64. The Hall–Kier alpha value is -0.560. The molecule has 0 radical (unpaired) electrons. The quantitative estimate of drug-likeness (QED) is 0.904. The average molecular weight is 321 g/mol. The van der Waals surface area contributed by atoms with Gasteiger partial charge in [0.1, 0.15) is 0 Å². The molecule has 7 heteroatoms. The van der Waals surface area contributed by atoms with E-state index < -0.39 is 10.0 Å². The van der Waals surface area contributed by atoms with Crippen LogP contribution >= 0.6 is 11.6 Å². The van der Waals surface area contributed by atoms with Gasteiger partial charge in [-0.3, -0.25) is 0 Å². The van der Waals surface area contributed by atoms with E-state index in [-0.39, 0.29) is 6.04 Å². The number of rotatable bonds is 5. The zero-order valence-electron chi connectivity index (χ0n) is 11.8. The maximum atomic E-state index is 11.6. The fraction of sp³-hybridized carbons (Fsp3) is 0.692. The minimum Gasteiger partial charge on any atom is -0.453 e. The highest BCUT2D eigenvalue weighted by atomic mass is 35.5. The molecule has 2 rings (SSSR count). The van der Waals surface area contributed by atoms with E-state index in [2.05, 4.69) is 5.32 Å². The van der Waals surface area contributed by atoms with E-state index in [4.69, 9.17) is 16.0 Å². The molecule has 0 spiro atoms. The van der Waals surface area contributed by atoms with E-state index in [9.17, 15) is 8.42 Å². The first-order chi connectivity index (χ1) is 9.41. The molecule has 0 bridgehead atoms. The number of piperidine rings is 1. The molecule has 1 aromatic rings. The summed E-state index contributed by atoms with van der Waals surface area (Å²) in [4.78, 5) is 0. The molecule has 0 saturated carbocycles. The van der Waals surface area contributed by atoms with Gasteiger partial charge in [0.25, 0.3) is 0 Å². The highest BCUT2D eigenvalue weighted by Crippen LogP contribution is 2.32. The molecule has 0 aliphatic carbocycles. The van der Waals surface area contributed by atoms with Gasteiger partial charge in [-0.15, -0.1) is 0 Å². The number of hydrogen-bond donors (Lipinski definition) is 1. The van der Waals surface area contributed by atoms with Gasteiger partial charge in [0.15, 0.2) is 5.22 Å². The Labute approximate surface area is 125 Å². The van der Waals surface area contributed by atoms with Crippen LogP contribution < -0.4 is 5.32 Å².